The fourth-order valence-electron chi connectivity index (χ4n) is 1.61. The molecule has 0 amide bonds. The molecule has 1 aliphatic heterocycles. The lowest BCUT2D eigenvalue weighted by atomic mass is 10.2. The Morgan fingerprint density at radius 3 is 2.75 bits per heavy atom. The molecule has 0 atom stereocenters. The summed E-state index contributed by atoms with van der Waals surface area (Å²) in [5, 5.41) is 3.53. The third kappa shape index (κ3) is 4.85. The van der Waals surface area contributed by atoms with Crippen molar-refractivity contribution >= 4 is 28.8 Å². The molecule has 1 N–H and O–H groups in total. The van der Waals surface area contributed by atoms with Crippen LogP contribution in [0.4, 0.5) is 0 Å². The highest BCUT2D eigenvalue weighted by Gasteiger charge is 2.13. The molecule has 0 aromatic carbocycles. The van der Waals surface area contributed by atoms with Crippen molar-refractivity contribution in [3.8, 4) is 0 Å². The van der Waals surface area contributed by atoms with Crippen molar-refractivity contribution in [2.75, 3.05) is 38.7 Å². The Hall–Kier alpha value is -0.0600. The first-order chi connectivity index (χ1) is 7.61. The fourth-order valence-corrected chi connectivity index (χ4v) is 3.01. The van der Waals surface area contributed by atoms with Gasteiger partial charge in [0, 0.05) is 28.6 Å². The molecule has 4 heteroatoms. The second kappa shape index (κ2) is 7.30. The molecular formula is C12H22N2S2. The van der Waals surface area contributed by atoms with E-state index in [4.69, 9.17) is 12.2 Å². The van der Waals surface area contributed by atoms with E-state index in [1.165, 1.54) is 30.7 Å². The zero-order chi connectivity index (χ0) is 12.0. The maximum absolute atomic E-state index is 5.32. The lowest BCUT2D eigenvalue weighted by Crippen LogP contribution is -2.24. The average Bonchev–Trinajstić information content (AvgIpc) is 2.23. The van der Waals surface area contributed by atoms with Gasteiger partial charge in [-0.2, -0.15) is 0 Å². The van der Waals surface area contributed by atoms with Crippen LogP contribution in [0.15, 0.2) is 11.3 Å². The lowest BCUT2D eigenvalue weighted by Gasteiger charge is -2.20. The van der Waals surface area contributed by atoms with Gasteiger partial charge >= 0.3 is 0 Å². The van der Waals surface area contributed by atoms with Crippen molar-refractivity contribution in [3.05, 3.63) is 11.3 Å². The standard InChI is InChI=1S/C12H22N2S2/c1-10-11(8-16-9-12(10)15)13-6-4-5-7-14(2)3/h13H,4-9H2,1-3H3. The third-order valence-corrected chi connectivity index (χ3v) is 4.34. The number of thiocarbonyl (C=S) groups is 1. The molecule has 0 saturated heterocycles. The van der Waals surface area contributed by atoms with Crippen molar-refractivity contribution in [2.24, 2.45) is 0 Å². The predicted molar refractivity (Wildman–Crippen MR) is 78.4 cm³/mol. The van der Waals surface area contributed by atoms with Crippen molar-refractivity contribution in [1.29, 1.82) is 0 Å². The number of rotatable bonds is 6. The molecule has 1 aliphatic rings. The van der Waals surface area contributed by atoms with Crippen LogP contribution >= 0.6 is 24.0 Å². The van der Waals surface area contributed by atoms with E-state index in [1.807, 2.05) is 11.8 Å². The SMILES string of the molecule is CC1=C(NCCCCN(C)C)CSCC1=S. The summed E-state index contributed by atoms with van der Waals surface area (Å²) in [7, 11) is 4.24. The highest BCUT2D eigenvalue weighted by Crippen LogP contribution is 2.19. The summed E-state index contributed by atoms with van der Waals surface area (Å²) in [6, 6.07) is 0. The van der Waals surface area contributed by atoms with E-state index in [-0.39, 0.29) is 0 Å². The molecule has 0 fully saturated rings. The summed E-state index contributed by atoms with van der Waals surface area (Å²) in [4.78, 5) is 3.35. The normalized spacial score (nSPS) is 17.1. The van der Waals surface area contributed by atoms with E-state index in [0.717, 1.165) is 22.9 Å². The van der Waals surface area contributed by atoms with E-state index in [0.29, 0.717) is 0 Å². The van der Waals surface area contributed by atoms with Gasteiger partial charge < -0.3 is 10.2 Å². The van der Waals surface area contributed by atoms with E-state index >= 15 is 0 Å². The van der Waals surface area contributed by atoms with Gasteiger partial charge in [0.25, 0.3) is 0 Å². The Bertz CT molecular complexity index is 272. The molecule has 2 nitrogen and oxygen atoms in total. The van der Waals surface area contributed by atoms with Crippen LogP contribution in [0.25, 0.3) is 0 Å². The maximum atomic E-state index is 5.32. The van der Waals surface area contributed by atoms with E-state index in [1.54, 1.807) is 0 Å². The van der Waals surface area contributed by atoms with E-state index in [2.05, 4.69) is 31.2 Å². The molecule has 0 aromatic heterocycles. The van der Waals surface area contributed by atoms with Gasteiger partial charge in [-0.05, 0) is 46.0 Å². The molecule has 92 valence electrons. The Morgan fingerprint density at radius 1 is 1.31 bits per heavy atom. The number of nitrogens with one attached hydrogen (secondary N) is 1. The van der Waals surface area contributed by atoms with Gasteiger partial charge in [0.2, 0.25) is 0 Å². The minimum absolute atomic E-state index is 1.02. The number of hydrogen-bond acceptors (Lipinski definition) is 4. The van der Waals surface area contributed by atoms with Gasteiger partial charge in [-0.1, -0.05) is 12.2 Å². The van der Waals surface area contributed by atoms with Gasteiger partial charge in [0.15, 0.2) is 0 Å². The van der Waals surface area contributed by atoms with Crippen LogP contribution < -0.4 is 5.32 Å². The molecule has 1 rings (SSSR count). The van der Waals surface area contributed by atoms with Crippen LogP contribution in [0.5, 0.6) is 0 Å². The molecular weight excluding hydrogens is 236 g/mol. The highest BCUT2D eigenvalue weighted by atomic mass is 32.2. The Kier molecular flexibility index (Phi) is 6.39. The van der Waals surface area contributed by atoms with Crippen LogP contribution in [0.1, 0.15) is 19.8 Å². The van der Waals surface area contributed by atoms with Crippen molar-refractivity contribution in [2.45, 2.75) is 19.8 Å². The molecule has 0 aromatic rings. The maximum Gasteiger partial charge on any atom is 0.0339 e. The smallest absolute Gasteiger partial charge is 0.0339 e. The molecule has 0 radical (unpaired) electrons. The summed E-state index contributed by atoms with van der Waals surface area (Å²) in [6.07, 6.45) is 2.48. The zero-order valence-corrected chi connectivity index (χ0v) is 12.1. The van der Waals surface area contributed by atoms with Crippen molar-refractivity contribution in [1.82, 2.24) is 10.2 Å². The van der Waals surface area contributed by atoms with Crippen LogP contribution in [-0.4, -0.2) is 48.5 Å². The first-order valence-electron chi connectivity index (χ1n) is 5.80. The first kappa shape index (κ1) is 14.0. The molecule has 0 aliphatic carbocycles. The van der Waals surface area contributed by atoms with Gasteiger partial charge in [0.05, 0.1) is 0 Å². The Labute approximate surface area is 109 Å². The molecule has 0 unspecified atom stereocenters. The number of nitrogens with zero attached hydrogens (tertiary/aromatic N) is 1. The number of thioether (sulfide) groups is 1. The van der Waals surface area contributed by atoms with Gasteiger partial charge in [-0.3, -0.25) is 0 Å². The van der Waals surface area contributed by atoms with Crippen LogP contribution in [-0.2, 0) is 0 Å². The summed E-state index contributed by atoms with van der Waals surface area (Å²) < 4.78 is 0. The van der Waals surface area contributed by atoms with Crippen LogP contribution in [0.3, 0.4) is 0 Å². The fraction of sp³-hybridized carbons (Fsp3) is 0.750. The largest absolute Gasteiger partial charge is 0.387 e. The first-order valence-corrected chi connectivity index (χ1v) is 7.37. The predicted octanol–water partition coefficient (Wildman–Crippen LogP) is 2.31. The second-order valence-corrected chi connectivity index (χ2v) is 5.94. The van der Waals surface area contributed by atoms with Gasteiger partial charge in [-0.15, -0.1) is 11.8 Å². The molecule has 0 bridgehead atoms. The summed E-state index contributed by atoms with van der Waals surface area (Å²) in [5.74, 6) is 2.12. The quantitative estimate of drug-likeness (QED) is 0.580. The number of unbranched alkanes of at least 4 members (excludes halogenated alkanes) is 1. The molecule has 0 spiro atoms. The third-order valence-electron chi connectivity index (χ3n) is 2.72. The Balaban J connectivity index is 2.22. The monoisotopic (exact) mass is 258 g/mol. The minimum atomic E-state index is 1.02. The lowest BCUT2D eigenvalue weighted by molar-refractivity contribution is 0.393. The van der Waals surface area contributed by atoms with Gasteiger partial charge in [0.1, 0.15) is 0 Å². The van der Waals surface area contributed by atoms with Crippen LogP contribution in [0, 0.1) is 0 Å². The minimum Gasteiger partial charge on any atom is -0.387 e. The van der Waals surface area contributed by atoms with E-state index < -0.39 is 0 Å². The molecule has 16 heavy (non-hydrogen) atoms. The summed E-state index contributed by atoms with van der Waals surface area (Å²) >= 11 is 7.23. The topological polar surface area (TPSA) is 15.3 Å². The Morgan fingerprint density at radius 2 is 2.06 bits per heavy atom. The summed E-state index contributed by atoms with van der Waals surface area (Å²) in [6.45, 7) is 4.39. The number of allylic oxidation sites excluding steroid dienone is 1. The molecule has 0 saturated carbocycles. The van der Waals surface area contributed by atoms with Crippen molar-refractivity contribution in [3.63, 3.8) is 0 Å². The van der Waals surface area contributed by atoms with Gasteiger partial charge in [-0.25, -0.2) is 0 Å². The van der Waals surface area contributed by atoms with Crippen molar-refractivity contribution < 1.29 is 0 Å². The zero-order valence-electron chi connectivity index (χ0n) is 10.5. The molecule has 1 heterocycles. The van der Waals surface area contributed by atoms with E-state index in [9.17, 15) is 0 Å². The second-order valence-electron chi connectivity index (χ2n) is 4.46. The summed E-state index contributed by atoms with van der Waals surface area (Å²) in [5.41, 5.74) is 2.66. The average molecular weight is 258 g/mol. The highest BCUT2D eigenvalue weighted by molar-refractivity contribution is 8.01. The number of hydrogen-bond donors (Lipinski definition) is 1. The van der Waals surface area contributed by atoms with Crippen LogP contribution in [0.2, 0.25) is 0 Å².